The number of hydrogen-bond donors (Lipinski definition) is 2. The van der Waals surface area contributed by atoms with Crippen molar-refractivity contribution in [3.63, 3.8) is 0 Å². The molecule has 0 saturated carbocycles. The van der Waals surface area contributed by atoms with Crippen molar-refractivity contribution in [1.82, 2.24) is 10.6 Å². The first-order valence-corrected chi connectivity index (χ1v) is 5.74. The van der Waals surface area contributed by atoms with Gasteiger partial charge in [-0.05, 0) is 41.2 Å². The molecule has 1 aromatic carbocycles. The van der Waals surface area contributed by atoms with Gasteiger partial charge in [-0.25, -0.2) is 0 Å². The molecule has 0 fully saturated rings. The lowest BCUT2D eigenvalue weighted by Crippen LogP contribution is -2.30. The molecule has 0 aromatic heterocycles. The van der Waals surface area contributed by atoms with Gasteiger partial charge in [-0.15, -0.1) is 0 Å². The van der Waals surface area contributed by atoms with Gasteiger partial charge in [0.2, 0.25) is 0 Å². The molecule has 0 aliphatic rings. The third-order valence-corrected chi connectivity index (χ3v) is 2.77. The molecule has 88 valence electrons. The first-order valence-electron chi connectivity index (χ1n) is 4.95. The lowest BCUT2D eigenvalue weighted by molar-refractivity contribution is 0.0953. The Hall–Kier alpha value is -1.07. The van der Waals surface area contributed by atoms with Gasteiger partial charge >= 0.3 is 0 Å². The molecule has 1 amide bonds. The smallest absolute Gasteiger partial charge is 0.252 e. The Labute approximate surface area is 103 Å². The molecule has 4 nitrogen and oxygen atoms in total. The fraction of sp³-hybridized carbons (Fsp3) is 0.364. The second kappa shape index (κ2) is 6.50. The van der Waals surface area contributed by atoms with Crippen LogP contribution >= 0.6 is 15.9 Å². The number of rotatable bonds is 5. The van der Waals surface area contributed by atoms with Crippen molar-refractivity contribution in [2.24, 2.45) is 0 Å². The lowest BCUT2D eigenvalue weighted by Gasteiger charge is -2.08. The van der Waals surface area contributed by atoms with Gasteiger partial charge < -0.3 is 15.4 Å². The van der Waals surface area contributed by atoms with Gasteiger partial charge in [0, 0.05) is 17.6 Å². The van der Waals surface area contributed by atoms with Crippen LogP contribution in [0.25, 0.3) is 0 Å². The quantitative estimate of drug-likeness (QED) is 0.805. The molecular formula is C11H15BrN2O2. The maximum absolute atomic E-state index is 11.8. The summed E-state index contributed by atoms with van der Waals surface area (Å²) in [6.45, 7) is 1.34. The monoisotopic (exact) mass is 286 g/mol. The van der Waals surface area contributed by atoms with E-state index in [1.54, 1.807) is 25.3 Å². The Morgan fingerprint density at radius 3 is 2.81 bits per heavy atom. The van der Waals surface area contributed by atoms with Gasteiger partial charge in [-0.1, -0.05) is 0 Å². The van der Waals surface area contributed by atoms with Crippen LogP contribution in [0.1, 0.15) is 10.4 Å². The van der Waals surface area contributed by atoms with Gasteiger partial charge in [0.15, 0.2) is 0 Å². The normalized spacial score (nSPS) is 9.94. The van der Waals surface area contributed by atoms with Crippen molar-refractivity contribution in [3.05, 3.63) is 28.2 Å². The Balaban J connectivity index is 2.73. The zero-order chi connectivity index (χ0) is 12.0. The first-order chi connectivity index (χ1) is 7.69. The van der Waals surface area contributed by atoms with Gasteiger partial charge in [0.1, 0.15) is 5.75 Å². The number of ether oxygens (including phenoxy) is 1. The van der Waals surface area contributed by atoms with Crippen LogP contribution in [-0.4, -0.2) is 33.2 Å². The first kappa shape index (κ1) is 13.0. The minimum absolute atomic E-state index is 0.110. The van der Waals surface area contributed by atoms with Crippen LogP contribution in [0.4, 0.5) is 0 Å². The number of methoxy groups -OCH3 is 1. The summed E-state index contributed by atoms with van der Waals surface area (Å²) in [5, 5.41) is 5.77. The molecular weight excluding hydrogens is 272 g/mol. The predicted octanol–water partition coefficient (Wildman–Crippen LogP) is 1.41. The standard InChI is InChI=1S/C11H15BrN2O2/c1-13-5-6-14-11(15)9-7-8(16-2)3-4-10(9)12/h3-4,7,13H,5-6H2,1-2H3,(H,14,15). The molecule has 1 aromatic rings. The summed E-state index contributed by atoms with van der Waals surface area (Å²) in [4.78, 5) is 11.8. The molecule has 0 unspecified atom stereocenters. The van der Waals surface area contributed by atoms with Crippen LogP contribution < -0.4 is 15.4 Å². The van der Waals surface area contributed by atoms with Crippen molar-refractivity contribution in [3.8, 4) is 5.75 Å². The van der Waals surface area contributed by atoms with Crippen LogP contribution in [-0.2, 0) is 0 Å². The van der Waals surface area contributed by atoms with Gasteiger partial charge in [-0.3, -0.25) is 4.79 Å². The van der Waals surface area contributed by atoms with E-state index in [0.29, 0.717) is 17.9 Å². The highest BCUT2D eigenvalue weighted by molar-refractivity contribution is 9.10. The minimum atomic E-state index is -0.110. The molecule has 0 bridgehead atoms. The maximum atomic E-state index is 11.8. The van der Waals surface area contributed by atoms with E-state index < -0.39 is 0 Å². The van der Waals surface area contributed by atoms with E-state index in [9.17, 15) is 4.79 Å². The third-order valence-electron chi connectivity index (χ3n) is 2.08. The fourth-order valence-electron chi connectivity index (χ4n) is 1.20. The molecule has 0 atom stereocenters. The summed E-state index contributed by atoms with van der Waals surface area (Å²) in [5.41, 5.74) is 0.579. The average Bonchev–Trinajstić information content (AvgIpc) is 2.30. The number of nitrogens with one attached hydrogen (secondary N) is 2. The van der Waals surface area contributed by atoms with Crippen LogP contribution in [0.2, 0.25) is 0 Å². The molecule has 0 heterocycles. The molecule has 2 N–H and O–H groups in total. The van der Waals surface area contributed by atoms with E-state index >= 15 is 0 Å². The molecule has 0 spiro atoms. The second-order valence-electron chi connectivity index (χ2n) is 3.21. The topological polar surface area (TPSA) is 50.4 Å². The third kappa shape index (κ3) is 3.50. The number of halogens is 1. The Kier molecular flexibility index (Phi) is 5.28. The van der Waals surface area contributed by atoms with Crippen LogP contribution in [0.5, 0.6) is 5.75 Å². The zero-order valence-electron chi connectivity index (χ0n) is 9.34. The Bertz CT molecular complexity index is 369. The van der Waals surface area contributed by atoms with Gasteiger partial charge in [0.05, 0.1) is 12.7 Å². The van der Waals surface area contributed by atoms with Crippen molar-refractivity contribution < 1.29 is 9.53 Å². The summed E-state index contributed by atoms with van der Waals surface area (Å²) in [7, 11) is 3.42. The Morgan fingerprint density at radius 1 is 1.44 bits per heavy atom. The largest absolute Gasteiger partial charge is 0.497 e. The number of hydrogen-bond acceptors (Lipinski definition) is 3. The van der Waals surface area contributed by atoms with E-state index in [4.69, 9.17) is 4.74 Å². The van der Waals surface area contributed by atoms with E-state index in [1.165, 1.54) is 0 Å². The highest BCUT2D eigenvalue weighted by Crippen LogP contribution is 2.22. The minimum Gasteiger partial charge on any atom is -0.497 e. The van der Waals surface area contributed by atoms with Crippen LogP contribution in [0, 0.1) is 0 Å². The van der Waals surface area contributed by atoms with E-state index in [-0.39, 0.29) is 5.91 Å². The molecule has 5 heteroatoms. The van der Waals surface area contributed by atoms with E-state index in [0.717, 1.165) is 11.0 Å². The highest BCUT2D eigenvalue weighted by atomic mass is 79.9. The average molecular weight is 287 g/mol. The van der Waals surface area contributed by atoms with Crippen LogP contribution in [0.3, 0.4) is 0 Å². The van der Waals surface area contributed by atoms with Gasteiger partial charge in [-0.2, -0.15) is 0 Å². The van der Waals surface area contributed by atoms with Crippen molar-refractivity contribution in [2.75, 3.05) is 27.2 Å². The number of carbonyl (C=O) groups excluding carboxylic acids is 1. The number of benzene rings is 1. The fourth-order valence-corrected chi connectivity index (χ4v) is 1.63. The van der Waals surface area contributed by atoms with E-state index in [2.05, 4.69) is 26.6 Å². The molecule has 0 aliphatic heterocycles. The highest BCUT2D eigenvalue weighted by Gasteiger charge is 2.10. The van der Waals surface area contributed by atoms with Crippen molar-refractivity contribution in [1.29, 1.82) is 0 Å². The number of carbonyl (C=O) groups is 1. The zero-order valence-corrected chi connectivity index (χ0v) is 10.9. The maximum Gasteiger partial charge on any atom is 0.252 e. The Morgan fingerprint density at radius 2 is 2.19 bits per heavy atom. The molecule has 0 aliphatic carbocycles. The lowest BCUT2D eigenvalue weighted by atomic mass is 10.2. The van der Waals surface area contributed by atoms with Gasteiger partial charge in [0.25, 0.3) is 5.91 Å². The summed E-state index contributed by atoms with van der Waals surface area (Å²) in [5.74, 6) is 0.558. The van der Waals surface area contributed by atoms with Crippen molar-refractivity contribution in [2.45, 2.75) is 0 Å². The number of likely N-dealkylation sites (N-methyl/N-ethyl adjacent to an activating group) is 1. The summed E-state index contributed by atoms with van der Waals surface area (Å²) in [6, 6.07) is 5.30. The van der Waals surface area contributed by atoms with E-state index in [1.807, 2.05) is 7.05 Å². The molecule has 0 radical (unpaired) electrons. The second-order valence-corrected chi connectivity index (χ2v) is 4.06. The van der Waals surface area contributed by atoms with Crippen molar-refractivity contribution >= 4 is 21.8 Å². The molecule has 0 saturated heterocycles. The molecule has 1 rings (SSSR count). The van der Waals surface area contributed by atoms with Crippen LogP contribution in [0.15, 0.2) is 22.7 Å². The summed E-state index contributed by atoms with van der Waals surface area (Å²) >= 11 is 3.34. The SMILES string of the molecule is CNCCNC(=O)c1cc(OC)ccc1Br. The summed E-state index contributed by atoms with van der Waals surface area (Å²) in [6.07, 6.45) is 0. The summed E-state index contributed by atoms with van der Waals surface area (Å²) < 4.78 is 5.83. The number of amides is 1. The molecule has 16 heavy (non-hydrogen) atoms. The predicted molar refractivity (Wildman–Crippen MR) is 67.0 cm³/mol.